The number of rotatable bonds is 7. The number of carbonyl (C=O) groups is 2. The maximum absolute atomic E-state index is 11.9. The predicted octanol–water partition coefficient (Wildman–Crippen LogP) is 3.26. The lowest BCUT2D eigenvalue weighted by molar-refractivity contribution is -0.118. The van der Waals surface area contributed by atoms with E-state index in [0.717, 1.165) is 4.88 Å². The molecule has 0 aliphatic carbocycles. The largest absolute Gasteiger partial charge is 0.350 e. The second-order valence-corrected chi connectivity index (χ2v) is 7.81. The summed E-state index contributed by atoms with van der Waals surface area (Å²) in [6, 6.07) is 10.9. The molecular formula is C16H14N4O2S3. The van der Waals surface area contributed by atoms with Crippen molar-refractivity contribution in [2.75, 3.05) is 11.1 Å². The van der Waals surface area contributed by atoms with Gasteiger partial charge in [-0.1, -0.05) is 23.9 Å². The van der Waals surface area contributed by atoms with E-state index in [1.165, 1.54) is 23.1 Å². The first kappa shape index (κ1) is 17.6. The van der Waals surface area contributed by atoms with Crippen molar-refractivity contribution in [1.29, 1.82) is 0 Å². The summed E-state index contributed by atoms with van der Waals surface area (Å²) in [5.74, 6) is 0.374. The molecule has 0 aliphatic heterocycles. The maximum Gasteiger partial charge on any atom is 0.266 e. The number of carbonyl (C=O) groups excluding carboxylic acids is 2. The van der Waals surface area contributed by atoms with Crippen molar-refractivity contribution in [2.24, 2.45) is 0 Å². The van der Waals surface area contributed by atoms with Gasteiger partial charge in [-0.05, 0) is 35.0 Å². The molecule has 0 radical (unpaired) electrons. The quantitative estimate of drug-likeness (QED) is 0.605. The van der Waals surface area contributed by atoms with Gasteiger partial charge in [-0.25, -0.2) is 0 Å². The first-order chi connectivity index (χ1) is 12.2. The smallest absolute Gasteiger partial charge is 0.266 e. The Labute approximate surface area is 156 Å². The molecule has 0 atom stereocenters. The summed E-state index contributed by atoms with van der Waals surface area (Å²) < 4.78 is 0. The van der Waals surface area contributed by atoms with E-state index in [2.05, 4.69) is 20.8 Å². The van der Waals surface area contributed by atoms with Gasteiger partial charge in [-0.2, -0.15) is 0 Å². The number of amides is 2. The molecular weight excluding hydrogens is 376 g/mol. The van der Waals surface area contributed by atoms with Gasteiger partial charge in [0.2, 0.25) is 5.91 Å². The van der Waals surface area contributed by atoms with Crippen molar-refractivity contribution in [3.05, 3.63) is 56.9 Å². The fraction of sp³-hybridized carbons (Fsp3) is 0.125. The van der Waals surface area contributed by atoms with E-state index in [4.69, 9.17) is 0 Å². The number of anilines is 1. The van der Waals surface area contributed by atoms with Gasteiger partial charge in [0.1, 0.15) is 5.03 Å². The van der Waals surface area contributed by atoms with Gasteiger partial charge in [0.25, 0.3) is 5.91 Å². The van der Waals surface area contributed by atoms with Crippen molar-refractivity contribution < 1.29 is 9.59 Å². The molecule has 0 aromatic carbocycles. The summed E-state index contributed by atoms with van der Waals surface area (Å²) in [4.78, 5) is 25.5. The van der Waals surface area contributed by atoms with Crippen LogP contribution in [0.15, 0.2) is 52.2 Å². The van der Waals surface area contributed by atoms with Crippen LogP contribution in [-0.4, -0.2) is 27.8 Å². The van der Waals surface area contributed by atoms with Gasteiger partial charge in [0, 0.05) is 4.88 Å². The van der Waals surface area contributed by atoms with Crippen LogP contribution >= 0.6 is 34.4 Å². The summed E-state index contributed by atoms with van der Waals surface area (Å²) in [7, 11) is 0. The highest BCUT2D eigenvalue weighted by molar-refractivity contribution is 7.99. The number of nitrogens with one attached hydrogen (secondary N) is 2. The van der Waals surface area contributed by atoms with Crippen LogP contribution in [0.3, 0.4) is 0 Å². The topological polar surface area (TPSA) is 84.0 Å². The van der Waals surface area contributed by atoms with E-state index in [1.807, 2.05) is 29.0 Å². The van der Waals surface area contributed by atoms with Crippen molar-refractivity contribution in [3.63, 3.8) is 0 Å². The van der Waals surface area contributed by atoms with Crippen LogP contribution in [0.1, 0.15) is 14.5 Å². The summed E-state index contributed by atoms with van der Waals surface area (Å²) in [6.07, 6.45) is 0. The predicted molar refractivity (Wildman–Crippen MR) is 101 cm³/mol. The molecule has 0 saturated heterocycles. The van der Waals surface area contributed by atoms with E-state index in [1.54, 1.807) is 29.5 Å². The summed E-state index contributed by atoms with van der Waals surface area (Å²) in [6.45, 7) is 0.538. The SMILES string of the molecule is O=C(CSc1ccc(NC(=O)c2cccs2)nn1)NCc1cccs1. The molecule has 0 unspecified atom stereocenters. The average Bonchev–Trinajstić information content (AvgIpc) is 3.33. The Morgan fingerprint density at radius 2 is 1.88 bits per heavy atom. The first-order valence-corrected chi connectivity index (χ1v) is 10.1. The zero-order chi connectivity index (χ0) is 17.5. The third-order valence-electron chi connectivity index (χ3n) is 3.02. The molecule has 2 N–H and O–H groups in total. The lowest BCUT2D eigenvalue weighted by atomic mass is 10.4. The van der Waals surface area contributed by atoms with Crippen molar-refractivity contribution in [2.45, 2.75) is 11.6 Å². The number of nitrogens with zero attached hydrogens (tertiary/aromatic N) is 2. The highest BCUT2D eigenvalue weighted by Crippen LogP contribution is 2.16. The van der Waals surface area contributed by atoms with E-state index < -0.39 is 0 Å². The Morgan fingerprint density at radius 1 is 1.04 bits per heavy atom. The Balaban J connectivity index is 1.44. The molecule has 128 valence electrons. The second kappa shape index (κ2) is 8.75. The lowest BCUT2D eigenvalue weighted by Crippen LogP contribution is -2.24. The third-order valence-corrected chi connectivity index (χ3v) is 5.68. The highest BCUT2D eigenvalue weighted by Gasteiger charge is 2.09. The van der Waals surface area contributed by atoms with Gasteiger partial charge in [0.15, 0.2) is 5.82 Å². The van der Waals surface area contributed by atoms with Crippen LogP contribution in [-0.2, 0) is 11.3 Å². The molecule has 3 heterocycles. The molecule has 9 heteroatoms. The second-order valence-electron chi connectivity index (χ2n) is 4.83. The normalized spacial score (nSPS) is 10.4. The number of hydrogen-bond acceptors (Lipinski definition) is 7. The molecule has 0 saturated carbocycles. The molecule has 2 amide bonds. The Hall–Kier alpha value is -2.23. The van der Waals surface area contributed by atoms with Crippen molar-refractivity contribution in [3.8, 4) is 0 Å². The Kier molecular flexibility index (Phi) is 6.15. The van der Waals surface area contributed by atoms with Crippen molar-refractivity contribution in [1.82, 2.24) is 15.5 Å². The van der Waals surface area contributed by atoms with Crippen LogP contribution < -0.4 is 10.6 Å². The van der Waals surface area contributed by atoms with Gasteiger partial charge < -0.3 is 10.6 Å². The Bertz CT molecular complexity index is 818. The fourth-order valence-electron chi connectivity index (χ4n) is 1.84. The number of thioether (sulfide) groups is 1. The molecule has 0 fully saturated rings. The number of hydrogen-bond donors (Lipinski definition) is 2. The minimum atomic E-state index is -0.211. The molecule has 3 aromatic rings. The summed E-state index contributed by atoms with van der Waals surface area (Å²) in [5, 5.41) is 18.0. The highest BCUT2D eigenvalue weighted by atomic mass is 32.2. The third kappa shape index (κ3) is 5.38. The zero-order valence-electron chi connectivity index (χ0n) is 13.0. The van der Waals surface area contributed by atoms with Gasteiger partial charge in [-0.15, -0.1) is 32.9 Å². The van der Waals surface area contributed by atoms with E-state index in [0.29, 0.717) is 22.3 Å². The minimum absolute atomic E-state index is 0.0599. The molecule has 6 nitrogen and oxygen atoms in total. The van der Waals surface area contributed by atoms with E-state index in [-0.39, 0.29) is 17.6 Å². The fourth-order valence-corrected chi connectivity index (χ4v) is 3.75. The summed E-state index contributed by atoms with van der Waals surface area (Å²) in [5.41, 5.74) is 0. The standard InChI is InChI=1S/C16H14N4O2S3/c21-14(17-9-11-3-1-7-23-11)10-25-15-6-5-13(19-20-15)18-16(22)12-4-2-8-24-12/h1-8H,9-10H2,(H,17,21)(H,18,19,22). The van der Waals surface area contributed by atoms with E-state index in [9.17, 15) is 9.59 Å². The van der Waals surface area contributed by atoms with Crippen LogP contribution in [0.4, 0.5) is 5.82 Å². The van der Waals surface area contributed by atoms with Gasteiger partial charge in [0.05, 0.1) is 17.2 Å². The van der Waals surface area contributed by atoms with E-state index >= 15 is 0 Å². The van der Waals surface area contributed by atoms with Crippen LogP contribution in [0, 0.1) is 0 Å². The summed E-state index contributed by atoms with van der Waals surface area (Å²) >= 11 is 4.27. The van der Waals surface area contributed by atoms with Gasteiger partial charge in [-0.3, -0.25) is 9.59 Å². The molecule has 25 heavy (non-hydrogen) atoms. The van der Waals surface area contributed by atoms with Crippen LogP contribution in [0.5, 0.6) is 0 Å². The minimum Gasteiger partial charge on any atom is -0.350 e. The van der Waals surface area contributed by atoms with Crippen LogP contribution in [0.2, 0.25) is 0 Å². The molecule has 0 aliphatic rings. The average molecular weight is 391 g/mol. The molecule has 0 spiro atoms. The number of thiophene rings is 2. The molecule has 3 rings (SSSR count). The molecule has 3 aromatic heterocycles. The molecule has 0 bridgehead atoms. The monoisotopic (exact) mass is 390 g/mol. The van der Waals surface area contributed by atoms with Crippen molar-refractivity contribution >= 4 is 52.1 Å². The van der Waals surface area contributed by atoms with Gasteiger partial charge >= 0.3 is 0 Å². The maximum atomic E-state index is 11.9. The first-order valence-electron chi connectivity index (χ1n) is 7.31. The number of aromatic nitrogens is 2. The lowest BCUT2D eigenvalue weighted by Gasteiger charge is -2.04. The van der Waals surface area contributed by atoms with Crippen LogP contribution in [0.25, 0.3) is 0 Å². The zero-order valence-corrected chi connectivity index (χ0v) is 15.4. The Morgan fingerprint density at radius 3 is 2.56 bits per heavy atom.